The molecule has 0 nitrogen and oxygen atoms in total. The van der Waals surface area contributed by atoms with Gasteiger partial charge in [-0.05, 0) is 30.1 Å². The lowest BCUT2D eigenvalue weighted by molar-refractivity contribution is 0.0583. The summed E-state index contributed by atoms with van der Waals surface area (Å²) in [4.78, 5) is 0. The van der Waals surface area contributed by atoms with Gasteiger partial charge in [-0.25, -0.2) is 0 Å². The summed E-state index contributed by atoms with van der Waals surface area (Å²) >= 11 is 0. The Balaban J connectivity index is 4.81. The molecule has 2 atom stereocenters. The zero-order chi connectivity index (χ0) is 12.6. The highest BCUT2D eigenvalue weighted by Gasteiger charge is 2.37. The van der Waals surface area contributed by atoms with Crippen LogP contribution >= 0.6 is 0 Å². The predicted octanol–water partition coefficient (Wildman–Crippen LogP) is 6.06. The van der Waals surface area contributed by atoms with Gasteiger partial charge in [-0.15, -0.1) is 0 Å². The average molecular weight is 226 g/mol. The molecule has 0 saturated heterocycles. The van der Waals surface area contributed by atoms with Crippen molar-refractivity contribution in [1.29, 1.82) is 0 Å². The lowest BCUT2D eigenvalue weighted by Gasteiger charge is -2.44. The third kappa shape index (κ3) is 3.79. The summed E-state index contributed by atoms with van der Waals surface area (Å²) in [7, 11) is 0. The maximum absolute atomic E-state index is 2.49. The van der Waals surface area contributed by atoms with Gasteiger partial charge in [0, 0.05) is 0 Å². The van der Waals surface area contributed by atoms with Crippen molar-refractivity contribution in [3.8, 4) is 0 Å². The van der Waals surface area contributed by atoms with E-state index in [4.69, 9.17) is 0 Å². The zero-order valence-electron chi connectivity index (χ0n) is 12.6. The van der Waals surface area contributed by atoms with E-state index in [-0.39, 0.29) is 0 Å². The molecule has 0 aliphatic heterocycles. The second-order valence-electron chi connectivity index (χ2n) is 5.72. The lowest BCUT2D eigenvalue weighted by Crippen LogP contribution is -2.35. The minimum atomic E-state index is 0.612. The summed E-state index contributed by atoms with van der Waals surface area (Å²) in [5.74, 6) is 1.79. The molecule has 98 valence electrons. The van der Waals surface area contributed by atoms with Crippen LogP contribution in [-0.2, 0) is 0 Å². The van der Waals surface area contributed by atoms with Crippen LogP contribution in [0.2, 0.25) is 0 Å². The average Bonchev–Trinajstić information content (AvgIpc) is 2.26. The summed E-state index contributed by atoms with van der Waals surface area (Å²) < 4.78 is 0. The van der Waals surface area contributed by atoms with Gasteiger partial charge in [0.05, 0.1) is 0 Å². The van der Waals surface area contributed by atoms with E-state index in [0.29, 0.717) is 5.41 Å². The number of rotatable bonds is 9. The Kier molecular flexibility index (Phi) is 8.14. The fraction of sp³-hybridized carbons (Fsp3) is 1.00. The normalized spacial score (nSPS) is 19.1. The first-order valence-electron chi connectivity index (χ1n) is 7.58. The molecule has 0 fully saturated rings. The monoisotopic (exact) mass is 226 g/mol. The fourth-order valence-corrected chi connectivity index (χ4v) is 3.76. The van der Waals surface area contributed by atoms with Crippen LogP contribution in [0, 0.1) is 17.3 Å². The SMILES string of the molecule is CCCC(C)C(CC)(CCC)C(C)CCC. The number of hydrogen-bond donors (Lipinski definition) is 0. The third-order valence-corrected chi connectivity index (χ3v) is 4.78. The summed E-state index contributed by atoms with van der Waals surface area (Å²) in [5, 5.41) is 0. The van der Waals surface area contributed by atoms with Gasteiger partial charge in [-0.3, -0.25) is 0 Å². The van der Waals surface area contributed by atoms with Crippen molar-refractivity contribution < 1.29 is 0 Å². The van der Waals surface area contributed by atoms with Crippen LogP contribution in [0.3, 0.4) is 0 Å². The molecule has 0 amide bonds. The summed E-state index contributed by atoms with van der Waals surface area (Å²) in [6.45, 7) is 14.4. The Labute approximate surface area is 104 Å². The van der Waals surface area contributed by atoms with E-state index in [1.165, 1.54) is 44.9 Å². The van der Waals surface area contributed by atoms with Crippen molar-refractivity contribution in [1.82, 2.24) is 0 Å². The fourth-order valence-electron chi connectivity index (χ4n) is 3.76. The van der Waals surface area contributed by atoms with E-state index in [1.807, 2.05) is 0 Å². The van der Waals surface area contributed by atoms with Crippen LogP contribution in [0.5, 0.6) is 0 Å². The van der Waals surface area contributed by atoms with E-state index >= 15 is 0 Å². The van der Waals surface area contributed by atoms with E-state index in [9.17, 15) is 0 Å². The molecule has 0 radical (unpaired) electrons. The molecular formula is C16H34. The molecule has 0 heteroatoms. The summed E-state index contributed by atoms with van der Waals surface area (Å²) in [5.41, 5.74) is 0.612. The van der Waals surface area contributed by atoms with Crippen LogP contribution in [0.1, 0.15) is 86.5 Å². The molecule has 0 aromatic rings. The Morgan fingerprint density at radius 1 is 0.750 bits per heavy atom. The predicted molar refractivity (Wildman–Crippen MR) is 75.8 cm³/mol. The Bertz CT molecular complexity index is 147. The van der Waals surface area contributed by atoms with Crippen molar-refractivity contribution in [2.75, 3.05) is 0 Å². The zero-order valence-corrected chi connectivity index (χ0v) is 12.6. The highest BCUT2D eigenvalue weighted by molar-refractivity contribution is 4.87. The second kappa shape index (κ2) is 8.14. The second-order valence-corrected chi connectivity index (χ2v) is 5.72. The quantitative estimate of drug-likeness (QED) is 0.448. The van der Waals surface area contributed by atoms with Crippen molar-refractivity contribution in [3.63, 3.8) is 0 Å². The highest BCUT2D eigenvalue weighted by atomic mass is 14.4. The molecule has 0 spiro atoms. The lowest BCUT2D eigenvalue weighted by atomic mass is 9.61. The molecule has 0 aliphatic rings. The molecule has 0 bridgehead atoms. The van der Waals surface area contributed by atoms with Crippen LogP contribution in [0.15, 0.2) is 0 Å². The molecule has 2 unspecified atom stereocenters. The molecule has 0 rings (SSSR count). The van der Waals surface area contributed by atoms with Crippen molar-refractivity contribution >= 4 is 0 Å². The largest absolute Gasteiger partial charge is 0.0654 e. The summed E-state index contributed by atoms with van der Waals surface area (Å²) in [6.07, 6.45) is 9.62. The maximum Gasteiger partial charge on any atom is -0.0249 e. The molecule has 0 N–H and O–H groups in total. The molecule has 0 saturated carbocycles. The minimum Gasteiger partial charge on any atom is -0.0654 e. The topological polar surface area (TPSA) is 0 Å². The van der Waals surface area contributed by atoms with Crippen LogP contribution in [-0.4, -0.2) is 0 Å². The standard InChI is InChI=1S/C16H34/c1-7-11-14(5)16(10-4,13-9-3)15(6)12-8-2/h14-15H,7-13H2,1-6H3. The van der Waals surface area contributed by atoms with E-state index in [2.05, 4.69) is 41.5 Å². The van der Waals surface area contributed by atoms with Gasteiger partial charge >= 0.3 is 0 Å². The first kappa shape index (κ1) is 16.0. The first-order valence-corrected chi connectivity index (χ1v) is 7.58. The summed E-state index contributed by atoms with van der Waals surface area (Å²) in [6, 6.07) is 0. The van der Waals surface area contributed by atoms with Crippen LogP contribution in [0.4, 0.5) is 0 Å². The van der Waals surface area contributed by atoms with E-state index < -0.39 is 0 Å². The van der Waals surface area contributed by atoms with Gasteiger partial charge in [0.25, 0.3) is 0 Å². The molecular weight excluding hydrogens is 192 g/mol. The van der Waals surface area contributed by atoms with Gasteiger partial charge in [0.15, 0.2) is 0 Å². The Morgan fingerprint density at radius 2 is 1.19 bits per heavy atom. The van der Waals surface area contributed by atoms with E-state index in [0.717, 1.165) is 11.8 Å². The van der Waals surface area contributed by atoms with E-state index in [1.54, 1.807) is 0 Å². The minimum absolute atomic E-state index is 0.612. The van der Waals surface area contributed by atoms with Crippen molar-refractivity contribution in [3.05, 3.63) is 0 Å². The first-order chi connectivity index (χ1) is 7.58. The molecule has 0 aromatic carbocycles. The van der Waals surface area contributed by atoms with Gasteiger partial charge in [-0.1, -0.05) is 73.6 Å². The molecule has 0 heterocycles. The molecule has 0 aromatic heterocycles. The van der Waals surface area contributed by atoms with Gasteiger partial charge in [-0.2, -0.15) is 0 Å². The van der Waals surface area contributed by atoms with Crippen LogP contribution < -0.4 is 0 Å². The van der Waals surface area contributed by atoms with Gasteiger partial charge in [0.1, 0.15) is 0 Å². The number of hydrogen-bond acceptors (Lipinski definition) is 0. The maximum atomic E-state index is 2.49. The molecule has 0 aliphatic carbocycles. The van der Waals surface area contributed by atoms with Crippen LogP contribution in [0.25, 0.3) is 0 Å². The Hall–Kier alpha value is 0. The third-order valence-electron chi connectivity index (χ3n) is 4.78. The van der Waals surface area contributed by atoms with Gasteiger partial charge in [0.2, 0.25) is 0 Å². The smallest absolute Gasteiger partial charge is 0.0249 e. The van der Waals surface area contributed by atoms with Gasteiger partial charge < -0.3 is 0 Å². The van der Waals surface area contributed by atoms with Crippen molar-refractivity contribution in [2.24, 2.45) is 17.3 Å². The van der Waals surface area contributed by atoms with Crippen molar-refractivity contribution in [2.45, 2.75) is 86.5 Å². The molecule has 16 heavy (non-hydrogen) atoms. The highest BCUT2D eigenvalue weighted by Crippen LogP contribution is 2.47. The Morgan fingerprint density at radius 3 is 1.44 bits per heavy atom.